The molecule has 1 atom stereocenters. The van der Waals surface area contributed by atoms with Crippen molar-refractivity contribution in [2.75, 3.05) is 5.33 Å². The number of hydrogen-bond donors (Lipinski definition) is 1. The molecule has 0 heterocycles. The highest BCUT2D eigenvalue weighted by Crippen LogP contribution is 2.16. The zero-order valence-electron chi connectivity index (χ0n) is 12.9. The number of carboxylic acid groups (broad SMARTS) is 1. The number of alkyl halides is 1. The molecule has 0 amide bonds. The molecule has 0 aliphatic carbocycles. The van der Waals surface area contributed by atoms with E-state index in [1.807, 2.05) is 0 Å². The molecule has 0 spiro atoms. The zero-order valence-corrected chi connectivity index (χ0v) is 14.5. The Hall–Kier alpha value is -0.250. The number of hydrogen-bond acceptors (Lipinski definition) is 2. The lowest BCUT2D eigenvalue weighted by atomic mass is 10.0. The van der Waals surface area contributed by atoms with Gasteiger partial charge in [-0.3, -0.25) is 0 Å². The molecule has 1 N–H and O–H groups in total. The van der Waals surface area contributed by atoms with E-state index in [1.54, 1.807) is 0 Å². The van der Waals surface area contributed by atoms with Gasteiger partial charge >= 0.3 is 6.16 Å². The summed E-state index contributed by atoms with van der Waals surface area (Å²) in [4.78, 5) is 10.7. The number of unbranched alkanes of at least 4 members (excludes halogenated alkanes) is 8. The molecule has 1 unspecified atom stereocenters. The molecule has 3 nitrogen and oxygen atoms in total. The first kappa shape index (κ1) is 19.8. The van der Waals surface area contributed by atoms with Gasteiger partial charge in [0, 0.05) is 5.33 Å². The van der Waals surface area contributed by atoms with Crippen LogP contribution in [0.25, 0.3) is 0 Å². The summed E-state index contributed by atoms with van der Waals surface area (Å²) in [6.07, 6.45) is 12.6. The maximum Gasteiger partial charge on any atom is 0.506 e. The van der Waals surface area contributed by atoms with Crippen molar-refractivity contribution < 1.29 is 14.6 Å². The Bertz CT molecular complexity index is 222. The molecule has 0 saturated carbocycles. The van der Waals surface area contributed by atoms with E-state index in [2.05, 4.69) is 22.9 Å². The molecule has 20 heavy (non-hydrogen) atoms. The third-order valence-electron chi connectivity index (χ3n) is 3.56. The van der Waals surface area contributed by atoms with Gasteiger partial charge in [-0.1, -0.05) is 67.8 Å². The van der Waals surface area contributed by atoms with Crippen molar-refractivity contribution in [3.05, 3.63) is 0 Å². The van der Waals surface area contributed by atoms with E-state index in [0.717, 1.165) is 31.0 Å². The van der Waals surface area contributed by atoms with Crippen LogP contribution in [0.3, 0.4) is 0 Å². The Morgan fingerprint density at radius 3 is 1.95 bits per heavy atom. The first-order chi connectivity index (χ1) is 9.70. The van der Waals surface area contributed by atoms with Crippen LogP contribution >= 0.6 is 15.9 Å². The van der Waals surface area contributed by atoms with E-state index >= 15 is 0 Å². The predicted octanol–water partition coefficient (Wildman–Crippen LogP) is 6.15. The molecule has 0 bridgehead atoms. The molecule has 0 aromatic carbocycles. The highest BCUT2D eigenvalue weighted by molar-refractivity contribution is 9.09. The fourth-order valence-corrected chi connectivity index (χ4v) is 2.77. The van der Waals surface area contributed by atoms with Gasteiger partial charge in [0.05, 0.1) is 0 Å². The molecule has 0 radical (unpaired) electrons. The third kappa shape index (κ3) is 14.2. The summed E-state index contributed by atoms with van der Waals surface area (Å²) in [5.74, 6) is 0. The first-order valence-electron chi connectivity index (χ1n) is 8.16. The molecule has 0 saturated heterocycles. The lowest BCUT2D eigenvalue weighted by Gasteiger charge is -2.15. The van der Waals surface area contributed by atoms with Gasteiger partial charge in [0.15, 0.2) is 0 Å². The molecule has 0 aliphatic heterocycles. The van der Waals surface area contributed by atoms with E-state index in [1.165, 1.54) is 51.4 Å². The summed E-state index contributed by atoms with van der Waals surface area (Å²) in [7, 11) is 0. The third-order valence-corrected chi connectivity index (χ3v) is 4.12. The Morgan fingerprint density at radius 1 is 0.950 bits per heavy atom. The summed E-state index contributed by atoms with van der Waals surface area (Å²) < 4.78 is 4.99. The Balaban J connectivity index is 3.65. The van der Waals surface area contributed by atoms with Gasteiger partial charge < -0.3 is 9.84 Å². The second kappa shape index (κ2) is 15.1. The first-order valence-corrected chi connectivity index (χ1v) is 9.28. The maximum atomic E-state index is 10.7. The largest absolute Gasteiger partial charge is 0.506 e. The van der Waals surface area contributed by atoms with Crippen molar-refractivity contribution in [3.8, 4) is 0 Å². The van der Waals surface area contributed by atoms with Crippen LogP contribution < -0.4 is 0 Å². The van der Waals surface area contributed by atoms with Crippen LogP contribution in [0.1, 0.15) is 84.0 Å². The maximum absolute atomic E-state index is 10.7. The van der Waals surface area contributed by atoms with Crippen molar-refractivity contribution in [1.29, 1.82) is 0 Å². The summed E-state index contributed by atoms with van der Waals surface area (Å²) in [6, 6.07) is 0. The quantitative estimate of drug-likeness (QED) is 0.232. The predicted molar refractivity (Wildman–Crippen MR) is 87.8 cm³/mol. The van der Waals surface area contributed by atoms with E-state index in [4.69, 9.17) is 9.84 Å². The van der Waals surface area contributed by atoms with E-state index in [0.29, 0.717) is 0 Å². The van der Waals surface area contributed by atoms with Crippen LogP contribution in [0, 0.1) is 0 Å². The van der Waals surface area contributed by atoms with Crippen LogP contribution in [-0.2, 0) is 4.74 Å². The van der Waals surface area contributed by atoms with Gasteiger partial charge in [-0.05, 0) is 32.1 Å². The molecule has 0 aromatic rings. The van der Waals surface area contributed by atoms with Gasteiger partial charge in [-0.2, -0.15) is 0 Å². The molecule has 0 fully saturated rings. The van der Waals surface area contributed by atoms with Crippen LogP contribution in [0.4, 0.5) is 4.79 Å². The van der Waals surface area contributed by atoms with Gasteiger partial charge in [0.25, 0.3) is 0 Å². The number of carbonyl (C=O) groups is 1. The smallest absolute Gasteiger partial charge is 0.450 e. The molecule has 0 aromatic heterocycles. The second-order valence-corrected chi connectivity index (χ2v) is 6.25. The summed E-state index contributed by atoms with van der Waals surface area (Å²) in [5, 5.41) is 9.82. The molecule has 0 rings (SSSR count). The van der Waals surface area contributed by atoms with Crippen molar-refractivity contribution in [2.45, 2.75) is 90.1 Å². The SMILES string of the molecule is CCCCCCCCC(CCCCCCBr)OC(=O)O. The molecular weight excluding hydrogens is 320 g/mol. The standard InChI is InChI=1S/C16H31BrO3/c1-2-3-4-5-6-9-12-15(20-16(18)19)13-10-7-8-11-14-17/h15H,2-14H2,1H3,(H,18,19). The topological polar surface area (TPSA) is 46.5 Å². The molecule has 120 valence electrons. The van der Waals surface area contributed by atoms with Crippen LogP contribution in [0.5, 0.6) is 0 Å². The minimum atomic E-state index is -1.12. The van der Waals surface area contributed by atoms with E-state index in [-0.39, 0.29) is 6.10 Å². The van der Waals surface area contributed by atoms with Gasteiger partial charge in [0.1, 0.15) is 6.10 Å². The normalized spacial score (nSPS) is 12.3. The Labute approximate surface area is 132 Å². The number of halogens is 1. The minimum absolute atomic E-state index is 0.0948. The fraction of sp³-hybridized carbons (Fsp3) is 0.938. The van der Waals surface area contributed by atoms with Gasteiger partial charge in [0.2, 0.25) is 0 Å². The van der Waals surface area contributed by atoms with E-state index < -0.39 is 6.16 Å². The highest BCUT2D eigenvalue weighted by Gasteiger charge is 2.12. The van der Waals surface area contributed by atoms with Crippen LogP contribution in [0.2, 0.25) is 0 Å². The summed E-state index contributed by atoms with van der Waals surface area (Å²) in [5.41, 5.74) is 0. The fourth-order valence-electron chi connectivity index (χ4n) is 2.38. The second-order valence-electron chi connectivity index (χ2n) is 5.45. The summed E-state index contributed by atoms with van der Waals surface area (Å²) in [6.45, 7) is 2.21. The molecule has 4 heteroatoms. The average molecular weight is 351 g/mol. The van der Waals surface area contributed by atoms with Crippen LogP contribution in [0.15, 0.2) is 0 Å². The average Bonchev–Trinajstić information content (AvgIpc) is 2.41. The lowest BCUT2D eigenvalue weighted by Crippen LogP contribution is -2.16. The van der Waals surface area contributed by atoms with Gasteiger partial charge in [-0.25, -0.2) is 4.79 Å². The van der Waals surface area contributed by atoms with Crippen molar-refractivity contribution in [2.24, 2.45) is 0 Å². The monoisotopic (exact) mass is 350 g/mol. The Kier molecular flexibility index (Phi) is 15.0. The summed E-state index contributed by atoms with van der Waals surface area (Å²) >= 11 is 3.42. The number of ether oxygens (including phenoxy) is 1. The van der Waals surface area contributed by atoms with Crippen molar-refractivity contribution in [3.63, 3.8) is 0 Å². The van der Waals surface area contributed by atoms with Crippen molar-refractivity contribution >= 4 is 22.1 Å². The van der Waals surface area contributed by atoms with Crippen LogP contribution in [-0.4, -0.2) is 22.7 Å². The Morgan fingerprint density at radius 2 is 1.45 bits per heavy atom. The zero-order chi connectivity index (χ0) is 15.1. The van der Waals surface area contributed by atoms with E-state index in [9.17, 15) is 4.79 Å². The van der Waals surface area contributed by atoms with Crippen molar-refractivity contribution in [1.82, 2.24) is 0 Å². The number of rotatable bonds is 14. The lowest BCUT2D eigenvalue weighted by molar-refractivity contribution is 0.0423. The molecule has 0 aliphatic rings. The molecular formula is C16H31BrO3. The highest BCUT2D eigenvalue weighted by atomic mass is 79.9. The van der Waals surface area contributed by atoms with Gasteiger partial charge in [-0.15, -0.1) is 0 Å². The minimum Gasteiger partial charge on any atom is -0.450 e.